The Morgan fingerprint density at radius 2 is 1.57 bits per heavy atom. The normalized spacial score (nSPS) is 19.7. The SMILES string of the molecule is C[C@H]([C@@H](O)c1ccccc1)N(C)C[C@H]1C[C@@H](c2ccc(CO)cc2)O[C@@H](c2cccc(-c3cccc(CNC(=O)C(Cl)(Cl)Cl)c3)c2)O1. The van der Waals surface area contributed by atoms with Crippen molar-refractivity contribution in [2.24, 2.45) is 0 Å². The van der Waals surface area contributed by atoms with E-state index in [-0.39, 0.29) is 31.4 Å². The molecule has 4 aromatic carbocycles. The van der Waals surface area contributed by atoms with E-state index >= 15 is 0 Å². The average Bonchev–Trinajstić information content (AvgIpc) is 3.10. The number of benzene rings is 4. The molecule has 0 bridgehead atoms. The summed E-state index contributed by atoms with van der Waals surface area (Å²) >= 11 is 17.1. The van der Waals surface area contributed by atoms with Crippen molar-refractivity contribution in [1.29, 1.82) is 0 Å². The zero-order valence-electron chi connectivity index (χ0n) is 26.2. The van der Waals surface area contributed by atoms with E-state index in [1.165, 1.54) is 0 Å². The predicted octanol–water partition coefficient (Wildman–Crippen LogP) is 7.43. The number of halogens is 3. The van der Waals surface area contributed by atoms with Gasteiger partial charge in [-0.15, -0.1) is 0 Å². The number of nitrogens with zero attached hydrogens (tertiary/aromatic N) is 1. The number of hydrogen-bond acceptors (Lipinski definition) is 6. The van der Waals surface area contributed by atoms with Crippen LogP contribution in [0.15, 0.2) is 103 Å². The van der Waals surface area contributed by atoms with Gasteiger partial charge >= 0.3 is 0 Å². The first-order valence-corrected chi connectivity index (χ1v) is 16.6. The zero-order chi connectivity index (χ0) is 33.6. The highest BCUT2D eigenvalue weighted by Crippen LogP contribution is 2.39. The number of aliphatic hydroxyl groups excluding tert-OH is 2. The Morgan fingerprint density at radius 3 is 2.26 bits per heavy atom. The molecule has 3 N–H and O–H groups in total. The molecule has 0 aliphatic carbocycles. The topological polar surface area (TPSA) is 91.3 Å². The standard InChI is InChI=1S/C37H39Cl3N2O5/c1-24(34(44)28-9-4-3-5-10-28)42(2)22-32-20-33(27-16-14-25(23-43)15-17-27)47-35(46-32)31-13-7-12-30(19-31)29-11-6-8-26(18-29)21-41-36(45)37(38,39)40/h3-19,24,32-35,43-44H,20-23H2,1-2H3,(H,41,45)/t24-,32-,33+,34-,35+/m1/s1. The number of carbonyl (C=O) groups is 1. The van der Waals surface area contributed by atoms with Crippen molar-refractivity contribution in [2.75, 3.05) is 13.6 Å². The van der Waals surface area contributed by atoms with Crippen LogP contribution in [0.2, 0.25) is 0 Å². The molecule has 1 aliphatic rings. The van der Waals surface area contributed by atoms with Gasteiger partial charge < -0.3 is 25.0 Å². The zero-order valence-corrected chi connectivity index (χ0v) is 28.5. The minimum absolute atomic E-state index is 0.0279. The van der Waals surface area contributed by atoms with Gasteiger partial charge in [-0.3, -0.25) is 9.69 Å². The molecule has 0 aromatic heterocycles. The van der Waals surface area contributed by atoms with Gasteiger partial charge in [-0.1, -0.05) is 126 Å². The largest absolute Gasteiger partial charge is 0.392 e. The van der Waals surface area contributed by atoms with E-state index in [1.54, 1.807) is 0 Å². The van der Waals surface area contributed by atoms with Crippen molar-refractivity contribution in [3.63, 3.8) is 0 Å². The van der Waals surface area contributed by atoms with Crippen molar-refractivity contribution in [1.82, 2.24) is 10.2 Å². The molecule has 1 saturated heterocycles. The van der Waals surface area contributed by atoms with Gasteiger partial charge in [-0.25, -0.2) is 0 Å². The fraction of sp³-hybridized carbons (Fsp3) is 0.324. The Labute approximate surface area is 291 Å². The molecule has 4 aromatic rings. The fourth-order valence-corrected chi connectivity index (χ4v) is 5.90. The summed E-state index contributed by atoms with van der Waals surface area (Å²) in [6.45, 7) is 2.77. The first kappa shape index (κ1) is 35.3. The maximum Gasteiger partial charge on any atom is 0.272 e. The van der Waals surface area contributed by atoms with Crippen LogP contribution in [0.4, 0.5) is 0 Å². The summed E-state index contributed by atoms with van der Waals surface area (Å²) < 4.78 is 11.2. The summed E-state index contributed by atoms with van der Waals surface area (Å²) in [6, 6.07) is 33.1. The molecule has 7 nitrogen and oxygen atoms in total. The third kappa shape index (κ3) is 9.34. The Balaban J connectivity index is 1.36. The number of likely N-dealkylation sites (N-methyl/N-ethyl adjacent to an activating group) is 1. The summed E-state index contributed by atoms with van der Waals surface area (Å²) in [5.74, 6) is -0.689. The van der Waals surface area contributed by atoms with Crippen molar-refractivity contribution >= 4 is 40.7 Å². The number of aliphatic hydroxyl groups is 2. The molecule has 47 heavy (non-hydrogen) atoms. The van der Waals surface area contributed by atoms with Crippen LogP contribution in [-0.2, 0) is 27.4 Å². The van der Waals surface area contributed by atoms with E-state index in [0.29, 0.717) is 13.0 Å². The second-order valence-electron chi connectivity index (χ2n) is 11.9. The molecular weight excluding hydrogens is 659 g/mol. The van der Waals surface area contributed by atoms with Gasteiger partial charge in [0.2, 0.25) is 0 Å². The molecule has 5 rings (SSSR count). The Kier molecular flexibility index (Phi) is 12.0. The minimum atomic E-state index is -2.03. The van der Waals surface area contributed by atoms with Gasteiger partial charge in [0.15, 0.2) is 6.29 Å². The van der Waals surface area contributed by atoms with Crippen molar-refractivity contribution in [3.8, 4) is 11.1 Å². The summed E-state index contributed by atoms with van der Waals surface area (Å²) in [6.07, 6.45) is -1.12. The molecule has 1 aliphatic heterocycles. The van der Waals surface area contributed by atoms with E-state index in [1.807, 2.05) is 117 Å². The third-order valence-electron chi connectivity index (χ3n) is 8.53. The van der Waals surface area contributed by atoms with Gasteiger partial charge in [0.25, 0.3) is 9.70 Å². The monoisotopic (exact) mass is 696 g/mol. The average molecular weight is 698 g/mol. The molecule has 0 saturated carbocycles. The lowest BCUT2D eigenvalue weighted by Crippen LogP contribution is -2.43. The predicted molar refractivity (Wildman–Crippen MR) is 186 cm³/mol. The molecule has 248 valence electrons. The highest BCUT2D eigenvalue weighted by atomic mass is 35.6. The molecular formula is C37H39Cl3N2O5. The van der Waals surface area contributed by atoms with Gasteiger partial charge in [-0.2, -0.15) is 0 Å². The maximum atomic E-state index is 12.0. The quantitative estimate of drug-likeness (QED) is 0.141. The van der Waals surface area contributed by atoms with Crippen molar-refractivity contribution in [3.05, 3.63) is 131 Å². The van der Waals surface area contributed by atoms with Crippen LogP contribution >= 0.6 is 34.8 Å². The molecule has 0 unspecified atom stereocenters. The van der Waals surface area contributed by atoms with Gasteiger partial charge in [0.05, 0.1) is 24.9 Å². The number of nitrogens with one attached hydrogen (secondary N) is 1. The molecule has 1 fully saturated rings. The first-order chi connectivity index (χ1) is 22.5. The number of hydrogen-bond donors (Lipinski definition) is 3. The smallest absolute Gasteiger partial charge is 0.272 e. The Hall–Kier alpha value is -2.98. The van der Waals surface area contributed by atoms with Crippen molar-refractivity contribution in [2.45, 2.75) is 60.9 Å². The van der Waals surface area contributed by atoms with E-state index in [0.717, 1.165) is 38.9 Å². The third-order valence-corrected chi connectivity index (χ3v) is 9.04. The molecule has 1 heterocycles. The van der Waals surface area contributed by atoms with Gasteiger partial charge in [0.1, 0.15) is 0 Å². The minimum Gasteiger partial charge on any atom is -0.392 e. The van der Waals surface area contributed by atoms with Crippen molar-refractivity contribution < 1.29 is 24.5 Å². The molecule has 1 amide bonds. The first-order valence-electron chi connectivity index (χ1n) is 15.5. The Bertz CT molecular complexity index is 1620. The second kappa shape index (κ2) is 15.9. The van der Waals surface area contributed by atoms with E-state index in [9.17, 15) is 15.0 Å². The Morgan fingerprint density at radius 1 is 0.894 bits per heavy atom. The van der Waals surface area contributed by atoms with E-state index < -0.39 is 22.1 Å². The van der Waals surface area contributed by atoms with Gasteiger partial charge in [0, 0.05) is 31.1 Å². The molecule has 0 spiro atoms. The molecule has 10 heteroatoms. The lowest BCUT2D eigenvalue weighted by molar-refractivity contribution is -0.253. The lowest BCUT2D eigenvalue weighted by atomic mass is 9.97. The van der Waals surface area contributed by atoms with Crippen LogP contribution in [0.3, 0.4) is 0 Å². The molecule has 5 atom stereocenters. The summed E-state index contributed by atoms with van der Waals surface area (Å²) in [4.78, 5) is 14.2. The van der Waals surface area contributed by atoms with Crippen LogP contribution in [0, 0.1) is 0 Å². The highest BCUT2D eigenvalue weighted by Gasteiger charge is 2.34. The van der Waals surface area contributed by atoms with Crippen LogP contribution < -0.4 is 5.32 Å². The number of rotatable bonds is 11. The summed E-state index contributed by atoms with van der Waals surface area (Å²) in [7, 11) is 2.00. The second-order valence-corrected chi connectivity index (χ2v) is 14.2. The number of alkyl halides is 3. The van der Waals surface area contributed by atoms with E-state index in [4.69, 9.17) is 44.3 Å². The van der Waals surface area contributed by atoms with Crippen LogP contribution in [-0.4, -0.2) is 50.6 Å². The summed E-state index contributed by atoms with van der Waals surface area (Å²) in [5, 5.41) is 23.3. The van der Waals surface area contributed by atoms with Gasteiger partial charge in [-0.05, 0) is 59.5 Å². The van der Waals surface area contributed by atoms with Crippen LogP contribution in [0.5, 0.6) is 0 Å². The fourth-order valence-electron chi connectivity index (χ4n) is 5.70. The van der Waals surface area contributed by atoms with Crippen LogP contribution in [0.1, 0.15) is 59.7 Å². The lowest BCUT2D eigenvalue weighted by Gasteiger charge is -2.39. The number of carbonyl (C=O) groups excluding carboxylic acids is 1. The highest BCUT2D eigenvalue weighted by molar-refractivity contribution is 6.76. The maximum absolute atomic E-state index is 12.0. The number of ether oxygens (including phenoxy) is 2. The van der Waals surface area contributed by atoms with E-state index in [2.05, 4.69) is 10.2 Å². The summed E-state index contributed by atoms with van der Waals surface area (Å²) in [5.41, 5.74) is 6.31. The molecule has 0 radical (unpaired) electrons. The number of amides is 1. The van der Waals surface area contributed by atoms with Crippen LogP contribution in [0.25, 0.3) is 11.1 Å².